The lowest BCUT2D eigenvalue weighted by molar-refractivity contribution is -0.150. The molecule has 4 aliphatic carbocycles. The summed E-state index contributed by atoms with van der Waals surface area (Å²) in [5, 5.41) is 1.23. The highest BCUT2D eigenvalue weighted by Gasteiger charge is 2.45. The molecule has 2 saturated heterocycles. The van der Waals surface area contributed by atoms with Gasteiger partial charge in [0.2, 0.25) is 0 Å². The number of hydrogen-bond donors (Lipinski definition) is 0. The summed E-state index contributed by atoms with van der Waals surface area (Å²) in [4.78, 5) is 78.7. The first-order valence-electron chi connectivity index (χ1n) is 29.4. The third-order valence-electron chi connectivity index (χ3n) is 17.2. The number of Topliss-reactive ketones (excluding diaryl/α,β-unsaturated/α-hetero) is 1. The number of allylic oxidation sites excluding steroid dienone is 2. The summed E-state index contributed by atoms with van der Waals surface area (Å²) in [5.41, 5.74) is 11.0. The Balaban J connectivity index is 0.000000178. The van der Waals surface area contributed by atoms with Crippen LogP contribution in [0.15, 0.2) is 98.1 Å². The Labute approximate surface area is 506 Å². The lowest BCUT2D eigenvalue weighted by Gasteiger charge is -2.39. The summed E-state index contributed by atoms with van der Waals surface area (Å²) in [6.45, 7) is 12.6. The summed E-state index contributed by atoms with van der Waals surface area (Å²) >= 11 is 13.3. The molecule has 20 heteroatoms. The monoisotopic (exact) mass is 1190 g/mol. The molecular weight excluding hydrogens is 1120 g/mol. The maximum absolute atomic E-state index is 13.4. The number of ketones is 1. The first kappa shape index (κ1) is 59.5. The van der Waals surface area contributed by atoms with E-state index in [1.807, 2.05) is 117 Å². The Hall–Kier alpha value is -7.22. The molecule has 6 aliphatic rings. The van der Waals surface area contributed by atoms with Gasteiger partial charge >= 0.3 is 18.2 Å². The molecular formula is C65H74Cl2N10O8. The molecule has 0 radical (unpaired) electrons. The van der Waals surface area contributed by atoms with Gasteiger partial charge < -0.3 is 37.9 Å². The van der Waals surface area contributed by atoms with Crippen LogP contribution in [0.1, 0.15) is 146 Å². The molecule has 4 atom stereocenters. The van der Waals surface area contributed by atoms with E-state index in [4.69, 9.17) is 52.1 Å². The lowest BCUT2D eigenvalue weighted by Crippen LogP contribution is -2.50. The number of pyridine rings is 2. The van der Waals surface area contributed by atoms with E-state index >= 15 is 0 Å². The fraction of sp³-hybridized carbons (Fsp3) is 0.446. The van der Waals surface area contributed by atoms with Crippen molar-refractivity contribution in [3.05, 3.63) is 164 Å². The average molecular weight is 1190 g/mol. The molecule has 6 heterocycles. The highest BCUT2D eigenvalue weighted by molar-refractivity contribution is 6.31. The molecule has 12 rings (SSSR count). The predicted molar refractivity (Wildman–Crippen MR) is 325 cm³/mol. The molecule has 2 amide bonds. The van der Waals surface area contributed by atoms with Gasteiger partial charge in [0.05, 0.1) is 48.7 Å². The zero-order valence-electron chi connectivity index (χ0n) is 49.4. The van der Waals surface area contributed by atoms with Gasteiger partial charge in [-0.05, 0) is 146 Å². The second kappa shape index (κ2) is 25.0. The fourth-order valence-electron chi connectivity index (χ4n) is 12.2. The number of nitrogens with zero attached hydrogens (tertiary/aromatic N) is 10. The molecule has 2 aromatic carbocycles. The number of carbonyl (C=O) groups excluding carboxylic acids is 4. The van der Waals surface area contributed by atoms with Crippen molar-refractivity contribution in [3.8, 4) is 0 Å². The van der Waals surface area contributed by atoms with E-state index in [0.29, 0.717) is 62.4 Å². The number of imidazole rings is 2. The Bertz CT molecular complexity index is 3540. The topological polar surface area (TPSA) is 180 Å². The third-order valence-corrected chi connectivity index (χ3v) is 17.7. The molecule has 0 unspecified atom stereocenters. The van der Waals surface area contributed by atoms with E-state index in [1.54, 1.807) is 17.6 Å². The molecule has 0 bridgehead atoms. The molecule has 2 aliphatic heterocycles. The van der Waals surface area contributed by atoms with Crippen LogP contribution in [0.5, 0.6) is 0 Å². The first-order chi connectivity index (χ1) is 40.9. The molecule has 85 heavy (non-hydrogen) atoms. The van der Waals surface area contributed by atoms with E-state index in [2.05, 4.69) is 56.2 Å². The Kier molecular flexibility index (Phi) is 17.5. The Morgan fingerprint density at radius 3 is 1.52 bits per heavy atom. The number of piperazine rings is 2. The highest BCUT2D eigenvalue weighted by atomic mass is 35.5. The molecule has 18 nitrogen and oxygen atoms in total. The predicted octanol–water partition coefficient (Wildman–Crippen LogP) is 11.0. The van der Waals surface area contributed by atoms with Gasteiger partial charge in [0.1, 0.15) is 17.8 Å². The number of rotatable bonds is 15. The summed E-state index contributed by atoms with van der Waals surface area (Å²) < 4.78 is 26.2. The molecule has 0 N–H and O–H groups in total. The van der Waals surface area contributed by atoms with Gasteiger partial charge in [-0.15, -0.1) is 0 Å². The fourth-order valence-corrected chi connectivity index (χ4v) is 12.6. The van der Waals surface area contributed by atoms with Crippen LogP contribution >= 0.6 is 23.2 Å². The van der Waals surface area contributed by atoms with Crippen LogP contribution in [-0.4, -0.2) is 156 Å². The zero-order chi connectivity index (χ0) is 59.7. The summed E-state index contributed by atoms with van der Waals surface area (Å²) in [7, 11) is 5.42. The molecule has 4 aromatic heterocycles. The number of methoxy groups -OCH3 is 1. The van der Waals surface area contributed by atoms with Crippen LogP contribution in [0.25, 0.3) is 23.3 Å². The molecule has 6 aromatic rings. The van der Waals surface area contributed by atoms with E-state index in [0.717, 1.165) is 93.0 Å². The van der Waals surface area contributed by atoms with Crippen LogP contribution in [0.2, 0.25) is 10.0 Å². The van der Waals surface area contributed by atoms with Crippen molar-refractivity contribution in [2.45, 2.75) is 107 Å². The van der Waals surface area contributed by atoms with E-state index in [1.165, 1.54) is 7.11 Å². The maximum atomic E-state index is 13.4. The van der Waals surface area contributed by atoms with E-state index < -0.39 is 0 Å². The van der Waals surface area contributed by atoms with Crippen LogP contribution < -0.4 is 0 Å². The van der Waals surface area contributed by atoms with Crippen molar-refractivity contribution in [2.75, 3.05) is 66.1 Å². The summed E-state index contributed by atoms with van der Waals surface area (Å²) in [6, 6.07) is 19.7. The van der Waals surface area contributed by atoms with Gasteiger partial charge in [-0.25, -0.2) is 19.6 Å². The maximum Gasteiger partial charge on any atom is 0.410 e. The third kappa shape index (κ3) is 13.3. The minimum Gasteiger partial charge on any atom is -0.459 e. The van der Waals surface area contributed by atoms with Crippen molar-refractivity contribution in [3.63, 3.8) is 0 Å². The van der Waals surface area contributed by atoms with Crippen molar-refractivity contribution in [1.29, 1.82) is 0 Å². The Morgan fingerprint density at radius 2 is 1.08 bits per heavy atom. The average Bonchev–Trinajstić information content (AvgIpc) is 2.14. The number of esters is 1. The van der Waals surface area contributed by atoms with Crippen molar-refractivity contribution < 1.29 is 38.1 Å². The SMILES string of the molecule is COCC(=O)C[C@H](C1=Cc2cccnc2[C@@H](N2CCN(C(=O)OC(C)C)CC2)c2ccc(Cl)cc21)c1cncn1C.Cn1cncc1[C@H](CC(=O)OC1(C)CC1)C1=Cc2cccnc2[C@@H](N2CCN(C(=O)OC3(C)CC3)CC2)c2ccc(Cl)cc21. The smallest absolute Gasteiger partial charge is 0.410 e. The standard InChI is InChI=1S/C34H38ClN5O4.C31H36ClN5O4/c1-33(8-9-33)43-29(41)19-27(28-20-36-21-38(28)3)25-17-22-5-4-12-37-30(22)31(24-7-6-23(35)18-26(24)25)39-13-15-40(16-14-39)32(42)44-34(2)10-11-34;1-20(2)41-31(39)37-12-10-36(11-13-37)30-24-8-7-22(32)15-26(24)25(14-21-6-5-9-34-29(21)30)27(16-23(38)18-40-4)28-17-33-19-35(28)3/h4-7,12,17-18,20-21,27,31H,8-11,13-16,19H2,1-3H3;5-9,14-15,17,19-20,27,30H,10-13,16,18H2,1-4H3/t27-,31+;27-,30+/m11/s1. The molecule has 2 saturated carbocycles. The molecule has 446 valence electrons. The van der Waals surface area contributed by atoms with E-state index in [9.17, 15) is 19.2 Å². The number of amides is 2. The van der Waals surface area contributed by atoms with Gasteiger partial charge in [-0.3, -0.25) is 29.4 Å². The number of ether oxygens (including phenoxy) is 4. The minimum atomic E-state index is -0.361. The lowest BCUT2D eigenvalue weighted by atomic mass is 9.83. The second-order valence-corrected chi connectivity index (χ2v) is 24.9. The second-order valence-electron chi connectivity index (χ2n) is 24.0. The number of benzene rings is 2. The Morgan fingerprint density at radius 1 is 0.624 bits per heavy atom. The van der Waals surface area contributed by atoms with Gasteiger partial charge in [0.15, 0.2) is 5.78 Å². The van der Waals surface area contributed by atoms with Crippen molar-refractivity contribution in [1.82, 2.24) is 48.7 Å². The number of aryl methyl sites for hydroxylation is 2. The van der Waals surface area contributed by atoms with Gasteiger partial charge in [-0.2, -0.15) is 0 Å². The van der Waals surface area contributed by atoms with E-state index in [-0.39, 0.29) is 84.6 Å². The van der Waals surface area contributed by atoms with Crippen LogP contribution in [0.3, 0.4) is 0 Å². The van der Waals surface area contributed by atoms with Gasteiger partial charge in [0.25, 0.3) is 0 Å². The number of fused-ring (bicyclic) bond motifs is 4. The van der Waals surface area contributed by atoms with Crippen molar-refractivity contribution >= 4 is 70.4 Å². The minimum absolute atomic E-state index is 0.000194. The normalized spacial score (nSPS) is 20.1. The molecule has 0 spiro atoms. The zero-order valence-corrected chi connectivity index (χ0v) is 50.9. The van der Waals surface area contributed by atoms with Gasteiger partial charge in [-0.1, -0.05) is 47.5 Å². The highest BCUT2D eigenvalue weighted by Crippen LogP contribution is 2.49. The number of aromatic nitrogens is 6. The largest absolute Gasteiger partial charge is 0.459 e. The van der Waals surface area contributed by atoms with Crippen LogP contribution in [-0.2, 0) is 42.6 Å². The number of hydrogen-bond acceptors (Lipinski definition) is 14. The van der Waals surface area contributed by atoms with Gasteiger partial charge in [0, 0.05) is 138 Å². The van der Waals surface area contributed by atoms with Crippen LogP contribution in [0.4, 0.5) is 9.59 Å². The van der Waals surface area contributed by atoms with Crippen molar-refractivity contribution in [2.24, 2.45) is 14.1 Å². The number of carbonyl (C=O) groups is 4. The summed E-state index contributed by atoms with van der Waals surface area (Å²) in [5.74, 6) is -0.829. The van der Waals surface area contributed by atoms with Crippen LogP contribution in [0, 0.1) is 0 Å². The first-order valence-corrected chi connectivity index (χ1v) is 30.1. The molecule has 4 fully saturated rings. The summed E-state index contributed by atoms with van der Waals surface area (Å²) in [6.07, 6.45) is 18.5. The number of halogens is 2. The quantitative estimate of drug-likeness (QED) is 0.0700.